The maximum atomic E-state index is 11.5. The number of ketones is 1. The van der Waals surface area contributed by atoms with Crippen LogP contribution in [0.1, 0.15) is 40.5 Å². The molecule has 1 fully saturated rings. The summed E-state index contributed by atoms with van der Waals surface area (Å²) in [6, 6.07) is 0. The fraction of sp³-hybridized carbons (Fsp3) is 0.769. The van der Waals surface area contributed by atoms with Gasteiger partial charge in [0.15, 0.2) is 12.2 Å². The highest BCUT2D eigenvalue weighted by molar-refractivity contribution is 5.85. The molecule has 1 aliphatic rings. The number of nitrogens with zero attached hydrogens (tertiary/aromatic N) is 1. The molecule has 1 saturated heterocycles. The molecule has 1 amide bonds. The molecule has 0 bridgehead atoms. The topological polar surface area (TPSA) is 79.7 Å². The summed E-state index contributed by atoms with van der Waals surface area (Å²) < 4.78 is 9.54. The molecule has 0 aromatic rings. The molecule has 1 aliphatic heterocycles. The van der Waals surface area contributed by atoms with E-state index in [9.17, 15) is 9.59 Å². The molecule has 0 unspecified atom stereocenters. The van der Waals surface area contributed by atoms with E-state index in [0.29, 0.717) is 19.6 Å². The Morgan fingerprint density at radius 2 is 2.11 bits per heavy atom. The zero-order valence-corrected chi connectivity index (χ0v) is 12.2. The lowest BCUT2D eigenvalue weighted by atomic mass is 10.1. The fourth-order valence-electron chi connectivity index (χ4n) is 1.40. The summed E-state index contributed by atoms with van der Waals surface area (Å²) in [6.45, 7) is 8.72. The van der Waals surface area contributed by atoms with Crippen LogP contribution in [0.2, 0.25) is 0 Å². The summed E-state index contributed by atoms with van der Waals surface area (Å²) in [5, 5.41) is 6.26. The first-order valence-corrected chi connectivity index (χ1v) is 6.40. The number of hydrogen-bond acceptors (Lipinski definition) is 5. The van der Waals surface area contributed by atoms with E-state index < -0.39 is 5.60 Å². The van der Waals surface area contributed by atoms with E-state index in [0.717, 1.165) is 12.8 Å². The number of amides is 1. The van der Waals surface area contributed by atoms with Crippen LogP contribution in [-0.2, 0) is 14.3 Å². The number of ether oxygens (including phenoxy) is 2. The summed E-state index contributed by atoms with van der Waals surface area (Å²) >= 11 is 0. The van der Waals surface area contributed by atoms with Crippen LogP contribution in [0.3, 0.4) is 0 Å². The van der Waals surface area contributed by atoms with Crippen LogP contribution in [0, 0.1) is 5.41 Å². The highest BCUT2D eigenvalue weighted by atomic mass is 16.6. The van der Waals surface area contributed by atoms with Crippen LogP contribution in [0.15, 0.2) is 0 Å². The van der Waals surface area contributed by atoms with E-state index in [1.807, 2.05) is 27.7 Å². The molecule has 110 valence electrons. The Bertz CT molecular complexity index is 310. The van der Waals surface area contributed by atoms with Gasteiger partial charge < -0.3 is 14.4 Å². The summed E-state index contributed by atoms with van der Waals surface area (Å²) in [5.41, 5.74) is -0.489. The molecule has 1 N–H and O–H groups in total. The van der Waals surface area contributed by atoms with Crippen molar-refractivity contribution in [3.63, 3.8) is 0 Å². The van der Waals surface area contributed by atoms with Gasteiger partial charge in [0.2, 0.25) is 0 Å². The lowest BCUT2D eigenvalue weighted by Crippen LogP contribution is -2.43. The lowest BCUT2D eigenvalue weighted by molar-refractivity contribution is -0.122. The molecule has 0 aromatic carbocycles. The standard InChI is InChI=1S/C10H17NO3.C3H7NO/c1-10(2,3)14-9(13)11-6-4-5-8(12)7-11;1-2-5-3-4/h4-7H2,1-3H3;3-4H,2H2,1H3. The first-order valence-electron chi connectivity index (χ1n) is 6.40. The number of likely N-dealkylation sites (tertiary alicyclic amines) is 1. The molecule has 0 aromatic heterocycles. The Morgan fingerprint density at radius 1 is 1.47 bits per heavy atom. The Balaban J connectivity index is 0.000000555. The third-order valence-corrected chi connectivity index (χ3v) is 2.15. The summed E-state index contributed by atoms with van der Waals surface area (Å²) in [4.78, 5) is 24.1. The largest absolute Gasteiger partial charge is 0.484 e. The molecule has 0 radical (unpaired) electrons. The molecule has 1 heterocycles. The zero-order valence-electron chi connectivity index (χ0n) is 12.2. The van der Waals surface area contributed by atoms with Crippen molar-refractivity contribution >= 4 is 18.3 Å². The van der Waals surface area contributed by atoms with Crippen molar-refractivity contribution in [2.45, 2.75) is 46.1 Å². The molecule has 0 aliphatic carbocycles. The average molecular weight is 272 g/mol. The van der Waals surface area contributed by atoms with E-state index >= 15 is 0 Å². The molecule has 6 heteroatoms. The minimum atomic E-state index is -0.489. The Labute approximate surface area is 114 Å². The van der Waals surface area contributed by atoms with E-state index in [4.69, 9.17) is 10.1 Å². The first-order chi connectivity index (χ1) is 8.80. The molecule has 19 heavy (non-hydrogen) atoms. The predicted molar refractivity (Wildman–Crippen MR) is 72.5 cm³/mol. The monoisotopic (exact) mass is 272 g/mol. The maximum absolute atomic E-state index is 11.5. The number of carbonyl (C=O) groups excluding carboxylic acids is 2. The number of Topliss-reactive ketones (excluding diaryl/α,β-unsaturated/α-hetero) is 1. The van der Waals surface area contributed by atoms with E-state index in [1.54, 1.807) is 0 Å². The summed E-state index contributed by atoms with van der Waals surface area (Å²) in [7, 11) is 0. The van der Waals surface area contributed by atoms with E-state index in [1.165, 1.54) is 4.90 Å². The van der Waals surface area contributed by atoms with Crippen LogP contribution in [0.5, 0.6) is 0 Å². The smallest absolute Gasteiger partial charge is 0.410 e. The highest BCUT2D eigenvalue weighted by Gasteiger charge is 2.26. The third-order valence-electron chi connectivity index (χ3n) is 2.15. The van der Waals surface area contributed by atoms with Crippen molar-refractivity contribution in [3.8, 4) is 0 Å². The molecular formula is C13H24N2O4. The van der Waals surface area contributed by atoms with Gasteiger partial charge in [-0.3, -0.25) is 10.2 Å². The SMILES string of the molecule is CC(C)(C)OC(=O)N1CCCC(=O)C1.CCOC=N. The fourth-order valence-corrected chi connectivity index (χ4v) is 1.40. The summed E-state index contributed by atoms with van der Waals surface area (Å²) in [6.07, 6.45) is 1.88. The Hall–Kier alpha value is -1.59. The zero-order chi connectivity index (χ0) is 14.9. The van der Waals surface area contributed by atoms with Crippen LogP contribution in [0.25, 0.3) is 0 Å². The van der Waals surface area contributed by atoms with Crippen molar-refractivity contribution in [2.24, 2.45) is 0 Å². The van der Waals surface area contributed by atoms with Gasteiger partial charge in [0.25, 0.3) is 0 Å². The minimum Gasteiger partial charge on any atom is -0.484 e. The highest BCUT2D eigenvalue weighted by Crippen LogP contribution is 2.13. The van der Waals surface area contributed by atoms with Crippen LogP contribution >= 0.6 is 0 Å². The quantitative estimate of drug-likeness (QED) is 0.617. The number of rotatable bonds is 2. The van der Waals surface area contributed by atoms with Crippen LogP contribution < -0.4 is 0 Å². The lowest BCUT2D eigenvalue weighted by Gasteiger charge is -2.29. The van der Waals surface area contributed by atoms with Gasteiger partial charge in [-0.2, -0.15) is 0 Å². The molecule has 6 nitrogen and oxygen atoms in total. The number of carbonyl (C=O) groups is 2. The van der Waals surface area contributed by atoms with Gasteiger partial charge >= 0.3 is 6.09 Å². The second kappa shape index (κ2) is 8.50. The van der Waals surface area contributed by atoms with Crippen molar-refractivity contribution < 1.29 is 19.1 Å². The molecule has 0 atom stereocenters. The van der Waals surface area contributed by atoms with Crippen LogP contribution in [0.4, 0.5) is 4.79 Å². The van der Waals surface area contributed by atoms with Crippen molar-refractivity contribution in [2.75, 3.05) is 19.7 Å². The van der Waals surface area contributed by atoms with E-state index in [2.05, 4.69) is 4.74 Å². The normalized spacial score (nSPS) is 15.2. The van der Waals surface area contributed by atoms with Gasteiger partial charge in [-0.15, -0.1) is 0 Å². The number of hydrogen-bond donors (Lipinski definition) is 1. The first kappa shape index (κ1) is 17.4. The van der Waals surface area contributed by atoms with Gasteiger partial charge in [-0.1, -0.05) is 0 Å². The van der Waals surface area contributed by atoms with Crippen molar-refractivity contribution in [1.29, 1.82) is 5.41 Å². The Kier molecular flexibility index (Phi) is 7.79. The predicted octanol–water partition coefficient (Wildman–Crippen LogP) is 2.22. The minimum absolute atomic E-state index is 0.113. The molecule has 0 saturated carbocycles. The van der Waals surface area contributed by atoms with Gasteiger partial charge in [0.05, 0.1) is 13.2 Å². The second-order valence-electron chi connectivity index (χ2n) is 5.12. The van der Waals surface area contributed by atoms with Gasteiger partial charge in [-0.05, 0) is 34.1 Å². The van der Waals surface area contributed by atoms with Gasteiger partial charge in [-0.25, -0.2) is 4.79 Å². The van der Waals surface area contributed by atoms with Gasteiger partial charge in [0.1, 0.15) is 5.60 Å². The summed E-state index contributed by atoms with van der Waals surface area (Å²) in [5.74, 6) is 0.113. The van der Waals surface area contributed by atoms with Crippen LogP contribution in [-0.4, -0.2) is 48.5 Å². The Morgan fingerprint density at radius 3 is 2.47 bits per heavy atom. The number of nitrogens with one attached hydrogen (secondary N) is 1. The van der Waals surface area contributed by atoms with Crippen molar-refractivity contribution in [1.82, 2.24) is 4.90 Å². The van der Waals surface area contributed by atoms with E-state index in [-0.39, 0.29) is 18.4 Å². The molecule has 1 rings (SSSR count). The maximum Gasteiger partial charge on any atom is 0.410 e. The molecular weight excluding hydrogens is 248 g/mol. The number of piperidine rings is 1. The van der Waals surface area contributed by atoms with Gasteiger partial charge in [0, 0.05) is 13.0 Å². The second-order valence-corrected chi connectivity index (χ2v) is 5.12. The third kappa shape index (κ3) is 9.04. The molecule has 0 spiro atoms. The van der Waals surface area contributed by atoms with Crippen molar-refractivity contribution in [3.05, 3.63) is 0 Å². The average Bonchev–Trinajstić information content (AvgIpc) is 2.28.